The largest absolute Gasteiger partial charge is 0.454 e. The summed E-state index contributed by atoms with van der Waals surface area (Å²) in [5.41, 5.74) is 0.415. The molecule has 4 rings (SSSR count). The molecule has 172 valence electrons. The molecule has 0 aliphatic heterocycles. The molecule has 0 aliphatic carbocycles. The Balaban J connectivity index is 1.95. The van der Waals surface area contributed by atoms with Crippen molar-refractivity contribution in [3.63, 3.8) is 0 Å². The summed E-state index contributed by atoms with van der Waals surface area (Å²) < 4.78 is 61.0. The smallest absolute Gasteiger partial charge is 0.261 e. The van der Waals surface area contributed by atoms with Crippen LogP contribution < -0.4 is 15.0 Å². The van der Waals surface area contributed by atoms with Gasteiger partial charge in [0.25, 0.3) is 5.56 Å². The summed E-state index contributed by atoms with van der Waals surface area (Å²) in [6.45, 7) is 1.47. The molecule has 2 N–H and O–H groups in total. The topological polar surface area (TPSA) is 115 Å². The summed E-state index contributed by atoms with van der Waals surface area (Å²) in [6.07, 6.45) is 2.56. The van der Waals surface area contributed by atoms with Crippen LogP contribution in [-0.2, 0) is 17.1 Å². The van der Waals surface area contributed by atoms with Crippen LogP contribution >= 0.6 is 0 Å². The minimum atomic E-state index is -3.62. The number of fused-ring (bicyclic) bond motifs is 1. The molecule has 2 aromatic heterocycles. The van der Waals surface area contributed by atoms with Crippen molar-refractivity contribution < 1.29 is 27.1 Å². The molecule has 4 aromatic rings. The second kappa shape index (κ2) is 8.20. The van der Waals surface area contributed by atoms with Crippen molar-refractivity contribution in [2.75, 3.05) is 10.5 Å². The lowest BCUT2D eigenvalue weighted by atomic mass is 10.0. The number of rotatable bonds is 6. The first kappa shape index (κ1) is 22.3. The van der Waals surface area contributed by atoms with E-state index >= 15 is 0 Å². The van der Waals surface area contributed by atoms with Crippen LogP contribution in [0.1, 0.15) is 6.92 Å². The fraction of sp³-hybridized carbons (Fsp3) is 0.143. The van der Waals surface area contributed by atoms with E-state index < -0.39 is 27.2 Å². The first-order valence-electron chi connectivity index (χ1n) is 9.64. The Morgan fingerprint density at radius 2 is 1.82 bits per heavy atom. The van der Waals surface area contributed by atoms with Gasteiger partial charge in [-0.05, 0) is 37.3 Å². The average molecular weight is 476 g/mol. The Kier molecular flexibility index (Phi) is 5.54. The van der Waals surface area contributed by atoms with Crippen LogP contribution in [-0.4, -0.2) is 33.9 Å². The van der Waals surface area contributed by atoms with Crippen LogP contribution in [0, 0.1) is 11.6 Å². The Bertz CT molecular complexity index is 1550. The van der Waals surface area contributed by atoms with Crippen molar-refractivity contribution >= 4 is 26.6 Å². The third kappa shape index (κ3) is 4.37. The first-order chi connectivity index (χ1) is 15.6. The highest BCUT2D eigenvalue weighted by molar-refractivity contribution is 7.92. The number of ether oxygens (including phenoxy) is 1. The van der Waals surface area contributed by atoms with E-state index in [0.29, 0.717) is 16.5 Å². The quantitative estimate of drug-likeness (QED) is 0.412. The molecule has 0 radical (unpaired) electrons. The van der Waals surface area contributed by atoms with E-state index in [4.69, 9.17) is 4.74 Å². The lowest BCUT2D eigenvalue weighted by Crippen LogP contribution is -2.16. The fourth-order valence-corrected chi connectivity index (χ4v) is 3.87. The van der Waals surface area contributed by atoms with Gasteiger partial charge in [-0.2, -0.15) is 0 Å². The van der Waals surface area contributed by atoms with Crippen LogP contribution in [0.3, 0.4) is 0 Å². The molecule has 0 aliphatic rings. The molecule has 0 unspecified atom stereocenters. The molecule has 2 heterocycles. The summed E-state index contributed by atoms with van der Waals surface area (Å²) in [6, 6.07) is 7.05. The molecule has 0 fully saturated rings. The first-order valence-corrected chi connectivity index (χ1v) is 11.3. The maximum atomic E-state index is 14.2. The van der Waals surface area contributed by atoms with E-state index in [2.05, 4.69) is 9.82 Å². The number of nitrogens with one attached hydrogen (secondary N) is 1. The number of sulfonamides is 1. The van der Waals surface area contributed by atoms with Crippen LogP contribution in [0.25, 0.3) is 22.0 Å². The van der Waals surface area contributed by atoms with Crippen molar-refractivity contribution in [1.29, 1.82) is 0 Å². The molecule has 0 spiro atoms. The zero-order chi connectivity index (χ0) is 23.9. The SMILES string of the molecule is CCS(=O)(=O)Nc1ccc(Oc2ccc(F)cc2F)c(-c2cn(C)c(=O)c3cn(O)nc23)c1. The molecule has 9 nitrogen and oxygen atoms in total. The third-order valence-corrected chi connectivity index (χ3v) is 6.17. The summed E-state index contributed by atoms with van der Waals surface area (Å²) in [7, 11) is -2.13. The number of hydrogen-bond donors (Lipinski definition) is 2. The monoisotopic (exact) mass is 476 g/mol. The normalized spacial score (nSPS) is 11.6. The highest BCUT2D eigenvalue weighted by Gasteiger charge is 2.19. The minimum Gasteiger partial charge on any atom is -0.454 e. The number of halogens is 2. The Morgan fingerprint density at radius 3 is 2.52 bits per heavy atom. The van der Waals surface area contributed by atoms with Gasteiger partial charge >= 0.3 is 0 Å². The number of pyridine rings is 1. The molecular weight excluding hydrogens is 458 g/mol. The van der Waals surface area contributed by atoms with E-state index in [1.54, 1.807) is 0 Å². The highest BCUT2D eigenvalue weighted by Crippen LogP contribution is 2.38. The second-order valence-electron chi connectivity index (χ2n) is 7.16. The van der Waals surface area contributed by atoms with Crippen LogP contribution in [0.4, 0.5) is 14.5 Å². The maximum Gasteiger partial charge on any atom is 0.261 e. The Labute approximate surface area is 186 Å². The van der Waals surface area contributed by atoms with Gasteiger partial charge in [0.1, 0.15) is 17.1 Å². The summed E-state index contributed by atoms with van der Waals surface area (Å²) in [5.74, 6) is -2.08. The predicted molar refractivity (Wildman–Crippen MR) is 117 cm³/mol. The number of hydrogen-bond acceptors (Lipinski definition) is 6. The average Bonchev–Trinajstić information content (AvgIpc) is 3.15. The van der Waals surface area contributed by atoms with Crippen LogP contribution in [0.15, 0.2) is 53.6 Å². The molecule has 2 aromatic carbocycles. The number of benzene rings is 2. The summed E-state index contributed by atoms with van der Waals surface area (Å²) in [4.78, 5) is 12.9. The fourth-order valence-electron chi connectivity index (χ4n) is 3.24. The number of anilines is 1. The van der Waals surface area contributed by atoms with Gasteiger partial charge in [0.15, 0.2) is 11.6 Å². The van der Waals surface area contributed by atoms with Crippen molar-refractivity contribution in [3.8, 4) is 22.6 Å². The number of nitrogens with zero attached hydrogens (tertiary/aromatic N) is 3. The summed E-state index contributed by atoms with van der Waals surface area (Å²) >= 11 is 0. The van der Waals surface area contributed by atoms with E-state index in [1.807, 2.05) is 0 Å². The van der Waals surface area contributed by atoms with Gasteiger partial charge < -0.3 is 14.5 Å². The summed E-state index contributed by atoms with van der Waals surface area (Å²) in [5, 5.41) is 13.8. The van der Waals surface area contributed by atoms with Gasteiger partial charge in [-0.3, -0.25) is 9.52 Å². The third-order valence-electron chi connectivity index (χ3n) is 4.87. The van der Waals surface area contributed by atoms with Crippen molar-refractivity contribution in [2.45, 2.75) is 6.92 Å². The van der Waals surface area contributed by atoms with Gasteiger partial charge in [0.2, 0.25) is 10.0 Å². The Hall–Kier alpha value is -3.93. The van der Waals surface area contributed by atoms with Crippen LogP contribution in [0.2, 0.25) is 0 Å². The molecule has 0 amide bonds. The highest BCUT2D eigenvalue weighted by atomic mass is 32.2. The molecule has 0 saturated carbocycles. The minimum absolute atomic E-state index is 0.0763. The van der Waals surface area contributed by atoms with Gasteiger partial charge in [-0.15, -0.1) is 9.94 Å². The lowest BCUT2D eigenvalue weighted by Gasteiger charge is -2.15. The van der Waals surface area contributed by atoms with E-state index in [0.717, 1.165) is 18.3 Å². The van der Waals surface area contributed by atoms with Crippen molar-refractivity contribution in [1.82, 2.24) is 14.5 Å². The maximum absolute atomic E-state index is 14.2. The number of aromatic nitrogens is 3. The zero-order valence-electron chi connectivity index (χ0n) is 17.4. The van der Waals surface area contributed by atoms with E-state index in [1.165, 1.54) is 42.9 Å². The molecule has 12 heteroatoms. The molecular formula is C21H18F2N4O5S. The van der Waals surface area contributed by atoms with Crippen molar-refractivity contribution in [2.24, 2.45) is 7.05 Å². The van der Waals surface area contributed by atoms with Crippen molar-refractivity contribution in [3.05, 3.63) is 70.8 Å². The van der Waals surface area contributed by atoms with Gasteiger partial charge in [-0.25, -0.2) is 17.2 Å². The van der Waals surface area contributed by atoms with E-state index in [-0.39, 0.29) is 39.4 Å². The van der Waals surface area contributed by atoms with Crippen LogP contribution in [0.5, 0.6) is 11.5 Å². The van der Waals surface area contributed by atoms with E-state index in [9.17, 15) is 27.2 Å². The molecule has 0 saturated heterocycles. The zero-order valence-corrected chi connectivity index (χ0v) is 18.2. The predicted octanol–water partition coefficient (Wildman–Crippen LogP) is 3.47. The van der Waals surface area contributed by atoms with Gasteiger partial charge in [-0.1, -0.05) is 0 Å². The van der Waals surface area contributed by atoms with Gasteiger partial charge in [0.05, 0.1) is 17.3 Å². The van der Waals surface area contributed by atoms with Gasteiger partial charge in [0, 0.05) is 36.1 Å². The molecule has 0 bridgehead atoms. The molecule has 33 heavy (non-hydrogen) atoms. The lowest BCUT2D eigenvalue weighted by molar-refractivity contribution is 0.151. The second-order valence-corrected chi connectivity index (χ2v) is 9.17. The Morgan fingerprint density at radius 1 is 1.09 bits per heavy atom. The molecule has 0 atom stereocenters. The number of aryl methyl sites for hydroxylation is 1. The standard InChI is InChI=1S/C21H18F2N4O5S/c1-3-33(30,31)25-13-5-7-18(32-19-6-4-12(22)8-17(19)23)14(9-13)15-10-26(2)21(28)16-11-27(29)24-20(15)16/h4-11,25,29H,3H2,1-2H3.